The minimum absolute atomic E-state index is 0.0729. The van der Waals surface area contributed by atoms with Gasteiger partial charge < -0.3 is 5.32 Å². The van der Waals surface area contributed by atoms with E-state index in [1.165, 1.54) is 11.3 Å². The van der Waals surface area contributed by atoms with E-state index in [1.54, 1.807) is 12.4 Å². The van der Waals surface area contributed by atoms with Crippen molar-refractivity contribution in [3.63, 3.8) is 0 Å². The van der Waals surface area contributed by atoms with Crippen LogP contribution in [0.3, 0.4) is 0 Å². The molecule has 1 N–H and O–H groups in total. The zero-order valence-corrected chi connectivity index (χ0v) is 17.8. The summed E-state index contributed by atoms with van der Waals surface area (Å²) in [5, 5.41) is 4.96. The average Bonchev–Trinajstić information content (AvgIpc) is 3.07. The van der Waals surface area contributed by atoms with Gasteiger partial charge in [0.2, 0.25) is 0 Å². The molecule has 27 heavy (non-hydrogen) atoms. The van der Waals surface area contributed by atoms with Crippen LogP contribution in [0.4, 0.5) is 10.9 Å². The van der Waals surface area contributed by atoms with E-state index >= 15 is 0 Å². The molecule has 142 valence electrons. The number of thiazole rings is 1. The number of hydrogen-bond donors (Lipinski definition) is 1. The van der Waals surface area contributed by atoms with Crippen LogP contribution < -0.4 is 5.32 Å². The van der Waals surface area contributed by atoms with E-state index < -0.39 is 11.0 Å². The molecule has 0 saturated heterocycles. The Kier molecular flexibility index (Phi) is 5.35. The highest BCUT2D eigenvalue weighted by atomic mass is 35.5. The van der Waals surface area contributed by atoms with Crippen molar-refractivity contribution in [2.75, 3.05) is 11.9 Å². The van der Waals surface area contributed by atoms with Crippen molar-refractivity contribution in [2.24, 2.45) is 0 Å². The second-order valence-corrected chi connectivity index (χ2v) is 10.3. The molecule has 0 spiro atoms. The number of benzene rings is 1. The maximum atomic E-state index is 12.5. The minimum atomic E-state index is -1.03. The van der Waals surface area contributed by atoms with Gasteiger partial charge in [0.05, 0.1) is 31.4 Å². The predicted octanol–water partition coefficient (Wildman–Crippen LogP) is 4.57. The standard InChI is InChI=1S/C17H17Cl2N5OS2/c1-9(2)27(25)24-6-5-12-10(7-24)16(21-8-20-12)23-17-22-15-13(26-17)4-3-11(18)14(15)19/h3-4,8-9H,5-7H2,1-2H3,(H,20,21,22,23). The van der Waals surface area contributed by atoms with Gasteiger partial charge in [0.25, 0.3) is 0 Å². The van der Waals surface area contributed by atoms with Gasteiger partial charge in [0.1, 0.15) is 17.7 Å². The SMILES string of the molecule is CC(C)S(=O)N1CCc2ncnc(Nc3nc4c(Cl)c(Cl)ccc4s3)c2C1. The summed E-state index contributed by atoms with van der Waals surface area (Å²) in [4.78, 5) is 13.3. The fourth-order valence-electron chi connectivity index (χ4n) is 2.97. The highest BCUT2D eigenvalue weighted by molar-refractivity contribution is 7.83. The molecule has 3 heterocycles. The Bertz CT molecular complexity index is 1040. The molecule has 1 aliphatic rings. The summed E-state index contributed by atoms with van der Waals surface area (Å²) >= 11 is 13.8. The molecule has 0 saturated carbocycles. The molecule has 1 unspecified atom stereocenters. The molecule has 4 rings (SSSR count). The maximum absolute atomic E-state index is 12.5. The third-order valence-corrected chi connectivity index (χ3v) is 7.66. The summed E-state index contributed by atoms with van der Waals surface area (Å²) in [5.41, 5.74) is 2.61. The van der Waals surface area contributed by atoms with Crippen LogP contribution in [0.25, 0.3) is 10.2 Å². The molecular formula is C17H17Cl2N5OS2. The van der Waals surface area contributed by atoms with Crippen molar-refractivity contribution >= 4 is 66.7 Å². The summed E-state index contributed by atoms with van der Waals surface area (Å²) in [6, 6.07) is 3.66. The summed E-state index contributed by atoms with van der Waals surface area (Å²) < 4.78 is 15.4. The fraction of sp³-hybridized carbons (Fsp3) is 0.353. The van der Waals surface area contributed by atoms with Gasteiger partial charge in [-0.2, -0.15) is 0 Å². The Morgan fingerprint density at radius 1 is 1.30 bits per heavy atom. The first-order valence-corrected chi connectivity index (χ1v) is 11.2. The van der Waals surface area contributed by atoms with Gasteiger partial charge in [-0.3, -0.25) is 0 Å². The summed E-state index contributed by atoms with van der Waals surface area (Å²) in [5.74, 6) is 0.687. The smallest absolute Gasteiger partial charge is 0.189 e. The Morgan fingerprint density at radius 2 is 2.11 bits per heavy atom. The molecule has 10 heteroatoms. The second kappa shape index (κ2) is 7.60. The molecule has 0 radical (unpaired) electrons. The first-order chi connectivity index (χ1) is 12.9. The molecule has 6 nitrogen and oxygen atoms in total. The van der Waals surface area contributed by atoms with Crippen LogP contribution in [0, 0.1) is 0 Å². The van der Waals surface area contributed by atoms with Gasteiger partial charge in [-0.25, -0.2) is 23.5 Å². The van der Waals surface area contributed by atoms with Crippen LogP contribution in [-0.2, 0) is 24.0 Å². The Labute approximate surface area is 173 Å². The van der Waals surface area contributed by atoms with Crippen molar-refractivity contribution < 1.29 is 4.21 Å². The van der Waals surface area contributed by atoms with Crippen LogP contribution >= 0.6 is 34.5 Å². The number of rotatable bonds is 4. The highest BCUT2D eigenvalue weighted by Crippen LogP contribution is 2.36. The number of fused-ring (bicyclic) bond motifs is 2. The van der Waals surface area contributed by atoms with Gasteiger partial charge >= 0.3 is 0 Å². The Hall–Kier alpha value is -1.32. The molecule has 0 aliphatic carbocycles. The van der Waals surface area contributed by atoms with Crippen LogP contribution in [0.2, 0.25) is 10.0 Å². The summed E-state index contributed by atoms with van der Waals surface area (Å²) in [7, 11) is -1.03. The molecular weight excluding hydrogens is 425 g/mol. The van der Waals surface area contributed by atoms with Crippen LogP contribution in [0.5, 0.6) is 0 Å². The number of halogens is 2. The quantitative estimate of drug-likeness (QED) is 0.641. The van der Waals surface area contributed by atoms with Crippen LogP contribution in [-0.4, -0.2) is 35.3 Å². The van der Waals surface area contributed by atoms with E-state index in [2.05, 4.69) is 20.3 Å². The summed E-state index contributed by atoms with van der Waals surface area (Å²) in [6.45, 7) is 5.19. The first kappa shape index (κ1) is 19.0. The second-order valence-electron chi connectivity index (χ2n) is 6.44. The lowest BCUT2D eigenvalue weighted by Crippen LogP contribution is -2.36. The van der Waals surface area contributed by atoms with E-state index in [0.717, 1.165) is 28.9 Å². The highest BCUT2D eigenvalue weighted by Gasteiger charge is 2.26. The molecule has 2 aromatic heterocycles. The lowest BCUT2D eigenvalue weighted by molar-refractivity contribution is 0.413. The first-order valence-electron chi connectivity index (χ1n) is 8.44. The molecule has 0 bridgehead atoms. The molecule has 1 aliphatic heterocycles. The predicted molar refractivity (Wildman–Crippen MR) is 112 cm³/mol. The Balaban J connectivity index is 1.66. The lowest BCUT2D eigenvalue weighted by Gasteiger charge is -2.29. The third kappa shape index (κ3) is 3.69. The number of nitrogens with zero attached hydrogens (tertiary/aromatic N) is 4. The van der Waals surface area contributed by atoms with E-state index in [4.69, 9.17) is 23.2 Å². The lowest BCUT2D eigenvalue weighted by atomic mass is 10.1. The monoisotopic (exact) mass is 441 g/mol. The molecule has 3 aromatic rings. The zero-order chi connectivity index (χ0) is 19.1. The molecule has 0 amide bonds. The fourth-order valence-corrected chi connectivity index (χ4v) is 5.38. The van der Waals surface area contributed by atoms with Crippen molar-refractivity contribution in [1.29, 1.82) is 0 Å². The van der Waals surface area contributed by atoms with Gasteiger partial charge in [-0.1, -0.05) is 34.5 Å². The van der Waals surface area contributed by atoms with E-state index in [1.807, 2.05) is 24.2 Å². The van der Waals surface area contributed by atoms with E-state index in [-0.39, 0.29) is 5.25 Å². The number of anilines is 2. The topological polar surface area (TPSA) is 71.0 Å². The van der Waals surface area contributed by atoms with Crippen molar-refractivity contribution in [2.45, 2.75) is 32.1 Å². The Morgan fingerprint density at radius 3 is 2.89 bits per heavy atom. The summed E-state index contributed by atoms with van der Waals surface area (Å²) in [6.07, 6.45) is 2.29. The van der Waals surface area contributed by atoms with E-state index in [0.29, 0.717) is 33.1 Å². The molecule has 0 fully saturated rings. The number of aromatic nitrogens is 3. The maximum Gasteiger partial charge on any atom is 0.189 e. The number of nitrogens with one attached hydrogen (secondary N) is 1. The van der Waals surface area contributed by atoms with Crippen LogP contribution in [0.1, 0.15) is 25.1 Å². The normalized spacial score (nSPS) is 15.9. The van der Waals surface area contributed by atoms with Crippen molar-refractivity contribution in [1.82, 2.24) is 19.3 Å². The van der Waals surface area contributed by atoms with E-state index in [9.17, 15) is 4.21 Å². The minimum Gasteiger partial charge on any atom is -0.316 e. The zero-order valence-electron chi connectivity index (χ0n) is 14.7. The van der Waals surface area contributed by atoms with Crippen molar-refractivity contribution in [3.05, 3.63) is 39.8 Å². The third-order valence-electron chi connectivity index (χ3n) is 4.30. The molecule has 1 atom stereocenters. The van der Waals surface area contributed by atoms with Gasteiger partial charge in [-0.05, 0) is 26.0 Å². The van der Waals surface area contributed by atoms with Gasteiger partial charge in [0, 0.05) is 30.3 Å². The average molecular weight is 442 g/mol. The van der Waals surface area contributed by atoms with Gasteiger partial charge in [0.15, 0.2) is 5.13 Å². The van der Waals surface area contributed by atoms with Crippen molar-refractivity contribution in [3.8, 4) is 0 Å². The largest absolute Gasteiger partial charge is 0.316 e. The number of hydrogen-bond acceptors (Lipinski definition) is 6. The van der Waals surface area contributed by atoms with Gasteiger partial charge in [-0.15, -0.1) is 0 Å². The molecule has 1 aromatic carbocycles. The van der Waals surface area contributed by atoms with Crippen LogP contribution in [0.15, 0.2) is 18.5 Å².